The lowest BCUT2D eigenvalue weighted by atomic mass is 9.37. The molecule has 21 aromatic carbocycles. The van der Waals surface area contributed by atoms with Crippen molar-refractivity contribution >= 4 is 284 Å². The van der Waals surface area contributed by atoms with Crippen LogP contribution in [0, 0.1) is 11.8 Å². The zero-order chi connectivity index (χ0) is 52.2. The monoisotopic (exact) mass is 1170 g/mol. The summed E-state index contributed by atoms with van der Waals surface area (Å²) < 4.78 is 0. The average molecular weight is 1170 g/mol. The van der Waals surface area contributed by atoms with Gasteiger partial charge in [-0.1, -0.05) is 30.3 Å². The molecule has 6 heteroatoms. The lowest BCUT2D eigenvalue weighted by Crippen LogP contribution is -2.69. The van der Waals surface area contributed by atoms with Crippen molar-refractivity contribution in [3.8, 4) is 0 Å². The van der Waals surface area contributed by atoms with Gasteiger partial charge in [0, 0.05) is 36.2 Å². The standard InChI is InChI=1S/C80H17ClS5/c81-80-73-71-72-74(80)78(19-9-4-14-85-19)66-56-46-36-28-23-21-22-24-25(23)30-38(36)48-50-40(30)39-29(24)37-35-27(22)33-31-26(21)32-34(28)44(46)54-52-42(32)41(31)51-53-43(33)45(35)55-57-47(37)49(39)59-60(50)70(68(78)58(48)56)79(80,20-10-5-15-86-20)69(59)67(57)77(73,18-8-3-13-84-18)65(55)63(53)75(71,16-6-1-11-82-16)61(51)62(52)76(72,64(54)66)17-7-2-12-83-17/h1-15,71,73H. The maximum atomic E-state index is 10.9. The van der Waals surface area contributed by atoms with Crippen LogP contribution in [0.1, 0.15) is 80.0 Å². The second-order valence-electron chi connectivity index (χ2n) is 30.0. The van der Waals surface area contributed by atoms with Gasteiger partial charge in [0.2, 0.25) is 0 Å². The molecule has 8 unspecified atom stereocenters. The Labute approximate surface area is 501 Å². The van der Waals surface area contributed by atoms with Crippen molar-refractivity contribution in [3.63, 3.8) is 0 Å². The molecule has 5 heterocycles. The highest BCUT2D eigenvalue weighted by Gasteiger charge is 2.90. The van der Waals surface area contributed by atoms with Crippen LogP contribution in [-0.4, -0.2) is 4.87 Å². The van der Waals surface area contributed by atoms with Crippen LogP contribution in [0.5, 0.6) is 0 Å². The molecule has 5 aromatic heterocycles. The van der Waals surface area contributed by atoms with Crippen LogP contribution < -0.4 is 0 Å². The Hall–Kier alpha value is -7.97. The third-order valence-electron chi connectivity index (χ3n) is 29.8. The Kier molecular flexibility index (Phi) is 3.71. The largest absolute Gasteiger partial charge is 0.148 e. The van der Waals surface area contributed by atoms with Crippen molar-refractivity contribution in [2.75, 3.05) is 0 Å². The Morgan fingerprint density at radius 1 is 0.256 bits per heavy atom. The Morgan fingerprint density at radius 3 is 0.907 bits per heavy atom. The first-order valence-corrected chi connectivity index (χ1v) is 35.9. The number of alkyl halides is 1. The molecule has 86 heavy (non-hydrogen) atoms. The molecule has 0 amide bonds. The maximum Gasteiger partial charge on any atom is 0.0909 e. The second-order valence-corrected chi connectivity index (χ2v) is 35.3. The van der Waals surface area contributed by atoms with E-state index in [-0.39, 0.29) is 11.8 Å². The SMILES string of the molecule is ClC12C3=C4C5C1C1(c6cccs6)c6c7c8c9c(c%10c%11c%12c(c%13c%14c%15c(c%16c%17c%18c(c1c1c6c6c8c8c%19c9c%11c9c%11c%12c%14c%12c%14c%15c%17c%15c%17c%18c1c1c6c8c6c(c9%19)c(c%11%12)c(c%14%15)c6c1%17)C%162c1cccs1)C3%13c1cccs1)C4%10c1cccs1)C75c1cccs1. The van der Waals surface area contributed by atoms with Crippen molar-refractivity contribution in [2.45, 2.75) is 31.9 Å². The van der Waals surface area contributed by atoms with Crippen molar-refractivity contribution in [1.29, 1.82) is 0 Å². The van der Waals surface area contributed by atoms with Crippen LogP contribution in [0.15, 0.2) is 98.7 Å². The molecule has 0 aliphatic heterocycles. The van der Waals surface area contributed by atoms with Gasteiger partial charge in [-0.15, -0.1) is 68.3 Å². The summed E-state index contributed by atoms with van der Waals surface area (Å²) >= 11 is 21.3. The Morgan fingerprint density at radius 2 is 0.512 bits per heavy atom. The highest BCUT2D eigenvalue weighted by Crippen LogP contribution is 2.96. The van der Waals surface area contributed by atoms with Crippen LogP contribution in [0.2, 0.25) is 0 Å². The summed E-state index contributed by atoms with van der Waals surface area (Å²) in [6, 6.07) is 25.6. The van der Waals surface area contributed by atoms with E-state index in [4.69, 9.17) is 0 Å². The van der Waals surface area contributed by atoms with E-state index in [0.717, 1.165) is 0 Å². The molecule has 0 radical (unpaired) electrons. The van der Waals surface area contributed by atoms with E-state index in [2.05, 4.69) is 144 Å². The molecule has 0 fully saturated rings. The molecule has 0 spiro atoms. The molecule has 0 bridgehead atoms. The van der Waals surface area contributed by atoms with Crippen LogP contribution in [-0.2, 0) is 27.1 Å². The fraction of sp³-hybridized carbons (Fsp3) is 0.100. The highest BCUT2D eigenvalue weighted by atomic mass is 35.5. The van der Waals surface area contributed by atoms with Crippen LogP contribution in [0.4, 0.5) is 0 Å². The molecule has 0 N–H and O–H groups in total. The van der Waals surface area contributed by atoms with E-state index >= 15 is 0 Å². The van der Waals surface area contributed by atoms with Crippen molar-refractivity contribution < 1.29 is 0 Å². The van der Waals surface area contributed by atoms with Gasteiger partial charge in [-0.25, -0.2) is 0 Å². The molecular weight excluding hydrogens is 1160 g/mol. The van der Waals surface area contributed by atoms with Gasteiger partial charge in [0.1, 0.15) is 0 Å². The first kappa shape index (κ1) is 36.2. The normalized spacial score (nSPS) is 30.2. The first-order valence-electron chi connectivity index (χ1n) is 31.2. The molecule has 0 saturated heterocycles. The molecule has 0 saturated carbocycles. The number of hydrogen-bond acceptors (Lipinski definition) is 5. The Bertz CT molecular complexity index is 8180. The maximum absolute atomic E-state index is 10.9. The summed E-state index contributed by atoms with van der Waals surface area (Å²) in [6.07, 6.45) is 0. The van der Waals surface area contributed by atoms with Crippen molar-refractivity contribution in [3.05, 3.63) is 179 Å². The topological polar surface area (TPSA) is 0 Å². The van der Waals surface area contributed by atoms with Gasteiger partial charge in [-0.05, 0) is 339 Å². The minimum atomic E-state index is -0.934. The summed E-state index contributed by atoms with van der Waals surface area (Å²) in [4.78, 5) is 6.70. The lowest BCUT2D eigenvalue weighted by Gasteiger charge is -2.66. The number of hydrogen-bond donors (Lipinski definition) is 0. The molecule has 374 valence electrons. The van der Waals surface area contributed by atoms with Gasteiger partial charge in [-0.2, -0.15) is 0 Å². The van der Waals surface area contributed by atoms with Gasteiger partial charge in [-0.3, -0.25) is 0 Å². The molecule has 26 aromatic rings. The average Bonchev–Trinajstić information content (AvgIpc) is 1.37. The molecule has 11 aliphatic rings. The smallest absolute Gasteiger partial charge is 0.0909 e. The van der Waals surface area contributed by atoms with Gasteiger partial charge < -0.3 is 0 Å². The predicted molar refractivity (Wildman–Crippen MR) is 362 cm³/mol. The zero-order valence-electron chi connectivity index (χ0n) is 43.7. The van der Waals surface area contributed by atoms with Crippen LogP contribution in [0.25, 0.3) is 215 Å². The van der Waals surface area contributed by atoms with Gasteiger partial charge in [0.15, 0.2) is 0 Å². The molecule has 11 aliphatic carbocycles. The van der Waals surface area contributed by atoms with E-state index in [9.17, 15) is 11.6 Å². The summed E-state index contributed by atoms with van der Waals surface area (Å²) in [7, 11) is 0. The third-order valence-corrected chi connectivity index (χ3v) is 35.5. The van der Waals surface area contributed by atoms with Crippen molar-refractivity contribution in [1.82, 2.24) is 0 Å². The van der Waals surface area contributed by atoms with E-state index < -0.39 is 31.9 Å². The van der Waals surface area contributed by atoms with Gasteiger partial charge in [0.05, 0.1) is 31.9 Å². The first-order chi connectivity index (χ1) is 42.7. The molecule has 37 rings (SSSR count). The number of allylic oxidation sites excluding steroid dienone is 2. The quantitative estimate of drug-likeness (QED) is 0.0915. The number of rotatable bonds is 5. The van der Waals surface area contributed by atoms with Crippen LogP contribution >= 0.6 is 68.3 Å². The van der Waals surface area contributed by atoms with E-state index in [1.54, 1.807) is 292 Å². The molecular formula is C80H17ClS5. The van der Waals surface area contributed by atoms with E-state index in [0.29, 0.717) is 0 Å². The zero-order valence-corrected chi connectivity index (χ0v) is 48.6. The lowest BCUT2D eigenvalue weighted by molar-refractivity contribution is 0.136. The Balaban J connectivity index is 1.09. The number of halogens is 1. The minimum Gasteiger partial charge on any atom is -0.148 e. The fourth-order valence-electron chi connectivity index (χ4n) is 29.9. The minimum absolute atomic E-state index is 0.0297. The van der Waals surface area contributed by atoms with Gasteiger partial charge in [0.25, 0.3) is 0 Å². The van der Waals surface area contributed by atoms with E-state index in [1.165, 1.54) is 14.6 Å². The molecule has 0 nitrogen and oxygen atoms in total. The predicted octanol–water partition coefficient (Wildman–Crippen LogP) is 21.8. The fourth-order valence-corrected chi connectivity index (χ4v) is 35.6. The highest BCUT2D eigenvalue weighted by molar-refractivity contribution is 7.12. The third kappa shape index (κ3) is 2.08. The number of benzene rings is 15. The summed E-state index contributed by atoms with van der Waals surface area (Å²) in [5.74, 6) is -0.0177. The van der Waals surface area contributed by atoms with Gasteiger partial charge >= 0.3 is 0 Å². The summed E-state index contributed by atoms with van der Waals surface area (Å²) in [5, 5.41) is 77.7. The van der Waals surface area contributed by atoms with Crippen molar-refractivity contribution in [2.24, 2.45) is 11.8 Å². The van der Waals surface area contributed by atoms with E-state index in [1.807, 2.05) is 0 Å². The second kappa shape index (κ2) is 8.79. The molecule has 8 atom stereocenters. The summed E-state index contributed by atoms with van der Waals surface area (Å²) in [5.41, 5.74) is 17.2. The van der Waals surface area contributed by atoms with Crippen LogP contribution in [0.3, 0.4) is 0 Å². The number of thiophene rings is 5. The summed E-state index contributed by atoms with van der Waals surface area (Å²) in [6.45, 7) is 0.